The molecule has 1 heterocycles. The fraction of sp³-hybridized carbons (Fsp3) is 0.423. The summed E-state index contributed by atoms with van der Waals surface area (Å²) in [6.45, 7) is 5.80. The number of fused-ring (bicyclic) bond motifs is 1. The fourth-order valence-electron chi connectivity index (χ4n) is 4.21. The number of rotatable bonds is 8. The molecule has 1 unspecified atom stereocenters. The predicted molar refractivity (Wildman–Crippen MR) is 125 cm³/mol. The zero-order valence-electron chi connectivity index (χ0n) is 19.6. The molecule has 1 aliphatic rings. The van der Waals surface area contributed by atoms with Gasteiger partial charge in [-0.25, -0.2) is 0 Å². The fourth-order valence-corrected chi connectivity index (χ4v) is 4.21. The summed E-state index contributed by atoms with van der Waals surface area (Å²) in [5.41, 5.74) is 0.656. The van der Waals surface area contributed by atoms with Crippen molar-refractivity contribution in [3.05, 3.63) is 65.2 Å². The standard InChI is InChI=1S/C26H29F3N2O3/c1-4-17(5-2)24-25(33)31(15-14-22(32)34-6-3)21-13-12-19(26(27,28)29)16-20(21)23(30-24)18-10-8-7-9-11-18/h7-13,16-17,24H,4-6,14-15H2,1-3H3. The number of hydrogen-bond acceptors (Lipinski definition) is 4. The summed E-state index contributed by atoms with van der Waals surface area (Å²) in [5, 5.41) is 0. The summed E-state index contributed by atoms with van der Waals surface area (Å²) in [4.78, 5) is 32.0. The van der Waals surface area contributed by atoms with E-state index in [1.807, 2.05) is 19.9 Å². The Balaban J connectivity index is 2.23. The molecule has 0 aliphatic carbocycles. The van der Waals surface area contributed by atoms with Crippen molar-refractivity contribution in [3.8, 4) is 0 Å². The summed E-state index contributed by atoms with van der Waals surface area (Å²) in [6.07, 6.45) is -3.28. The van der Waals surface area contributed by atoms with Crippen LogP contribution in [-0.2, 0) is 20.5 Å². The van der Waals surface area contributed by atoms with Gasteiger partial charge in [-0.3, -0.25) is 14.6 Å². The third-order valence-corrected chi connectivity index (χ3v) is 6.04. The molecule has 182 valence electrons. The molecule has 5 nitrogen and oxygen atoms in total. The normalized spacial score (nSPS) is 16.2. The molecule has 2 aromatic rings. The lowest BCUT2D eigenvalue weighted by molar-refractivity contribution is -0.143. The van der Waals surface area contributed by atoms with Gasteiger partial charge in [0, 0.05) is 17.7 Å². The lowest BCUT2D eigenvalue weighted by atomic mass is 9.93. The minimum atomic E-state index is -4.56. The number of nitrogens with zero attached hydrogens (tertiary/aromatic N) is 2. The van der Waals surface area contributed by atoms with Crippen LogP contribution in [0.5, 0.6) is 0 Å². The second-order valence-electron chi connectivity index (χ2n) is 8.14. The summed E-state index contributed by atoms with van der Waals surface area (Å²) in [6, 6.07) is 11.4. The van der Waals surface area contributed by atoms with E-state index in [0.29, 0.717) is 29.8 Å². The summed E-state index contributed by atoms with van der Waals surface area (Å²) in [5.74, 6) is -0.908. The SMILES string of the molecule is CCOC(=O)CCN1C(=O)C(C(CC)CC)N=C(c2ccccc2)c2cc(C(F)(F)F)ccc21. The molecule has 1 amide bonds. The lowest BCUT2D eigenvalue weighted by Gasteiger charge is -2.28. The Bertz CT molecular complexity index is 1050. The van der Waals surface area contributed by atoms with Crippen LogP contribution in [0.25, 0.3) is 0 Å². The van der Waals surface area contributed by atoms with E-state index in [2.05, 4.69) is 0 Å². The molecule has 0 bridgehead atoms. The smallest absolute Gasteiger partial charge is 0.416 e. The maximum atomic E-state index is 13.7. The number of anilines is 1. The first-order valence-electron chi connectivity index (χ1n) is 11.5. The first-order chi connectivity index (χ1) is 16.2. The molecule has 1 atom stereocenters. The van der Waals surface area contributed by atoms with Crippen LogP contribution in [0, 0.1) is 5.92 Å². The summed E-state index contributed by atoms with van der Waals surface area (Å²) in [7, 11) is 0. The van der Waals surface area contributed by atoms with Gasteiger partial charge in [0.1, 0.15) is 6.04 Å². The Kier molecular flexibility index (Phi) is 8.12. The van der Waals surface area contributed by atoms with E-state index in [0.717, 1.165) is 12.1 Å². The molecule has 3 rings (SSSR count). The van der Waals surface area contributed by atoms with Crippen LogP contribution in [0.15, 0.2) is 53.5 Å². The van der Waals surface area contributed by atoms with Crippen molar-refractivity contribution in [2.45, 2.75) is 52.3 Å². The number of esters is 1. The zero-order chi connectivity index (χ0) is 24.9. The zero-order valence-corrected chi connectivity index (χ0v) is 19.6. The molecule has 0 N–H and O–H groups in total. The first-order valence-corrected chi connectivity index (χ1v) is 11.5. The number of aliphatic imine (C=N–C) groups is 1. The van der Waals surface area contributed by atoms with Gasteiger partial charge in [0.2, 0.25) is 0 Å². The molecular weight excluding hydrogens is 445 g/mol. The number of hydrogen-bond donors (Lipinski definition) is 0. The van der Waals surface area contributed by atoms with E-state index in [-0.39, 0.29) is 37.0 Å². The highest BCUT2D eigenvalue weighted by Crippen LogP contribution is 2.37. The van der Waals surface area contributed by atoms with Gasteiger partial charge >= 0.3 is 12.1 Å². The minimum Gasteiger partial charge on any atom is -0.466 e. The monoisotopic (exact) mass is 474 g/mol. The van der Waals surface area contributed by atoms with E-state index >= 15 is 0 Å². The topological polar surface area (TPSA) is 59.0 Å². The van der Waals surface area contributed by atoms with Gasteiger partial charge in [0.25, 0.3) is 5.91 Å². The Morgan fingerprint density at radius 1 is 1.09 bits per heavy atom. The molecule has 0 radical (unpaired) electrons. The van der Waals surface area contributed by atoms with Gasteiger partial charge in [-0.05, 0) is 31.0 Å². The maximum absolute atomic E-state index is 13.7. The summed E-state index contributed by atoms with van der Waals surface area (Å²) >= 11 is 0. The van der Waals surface area contributed by atoms with Crippen molar-refractivity contribution in [1.29, 1.82) is 0 Å². The first kappa shape index (κ1) is 25.5. The van der Waals surface area contributed by atoms with Gasteiger partial charge in [0.05, 0.1) is 30.0 Å². The second-order valence-corrected chi connectivity index (χ2v) is 8.14. The number of benzene rings is 2. The van der Waals surface area contributed by atoms with Crippen LogP contribution in [0.4, 0.5) is 18.9 Å². The molecule has 1 aliphatic heterocycles. The minimum absolute atomic E-state index is 0.00965. The quantitative estimate of drug-likeness (QED) is 0.465. The molecule has 0 spiro atoms. The third kappa shape index (κ3) is 5.48. The van der Waals surface area contributed by atoms with Gasteiger partial charge in [0.15, 0.2) is 0 Å². The summed E-state index contributed by atoms with van der Waals surface area (Å²) < 4.78 is 45.9. The van der Waals surface area contributed by atoms with Crippen molar-refractivity contribution in [2.75, 3.05) is 18.1 Å². The van der Waals surface area contributed by atoms with Crippen LogP contribution in [-0.4, -0.2) is 36.8 Å². The molecule has 34 heavy (non-hydrogen) atoms. The van der Waals surface area contributed by atoms with Crippen molar-refractivity contribution in [2.24, 2.45) is 10.9 Å². The lowest BCUT2D eigenvalue weighted by Crippen LogP contribution is -2.42. The molecule has 0 saturated heterocycles. The van der Waals surface area contributed by atoms with Crippen molar-refractivity contribution >= 4 is 23.3 Å². The van der Waals surface area contributed by atoms with E-state index in [1.54, 1.807) is 31.2 Å². The number of ether oxygens (including phenoxy) is 1. The number of benzodiazepines with no additional fused rings is 1. The number of amides is 1. The molecule has 8 heteroatoms. The van der Waals surface area contributed by atoms with Gasteiger partial charge in [-0.15, -0.1) is 0 Å². The highest BCUT2D eigenvalue weighted by atomic mass is 19.4. The Morgan fingerprint density at radius 3 is 2.35 bits per heavy atom. The third-order valence-electron chi connectivity index (χ3n) is 6.04. The van der Waals surface area contributed by atoms with Gasteiger partial charge in [-0.1, -0.05) is 57.0 Å². The number of carbonyl (C=O) groups excluding carboxylic acids is 2. The largest absolute Gasteiger partial charge is 0.466 e. The maximum Gasteiger partial charge on any atom is 0.416 e. The van der Waals surface area contributed by atoms with Crippen LogP contribution >= 0.6 is 0 Å². The van der Waals surface area contributed by atoms with Gasteiger partial charge in [-0.2, -0.15) is 13.2 Å². The molecular formula is C26H29F3N2O3. The van der Waals surface area contributed by atoms with Crippen LogP contribution in [0.3, 0.4) is 0 Å². The van der Waals surface area contributed by atoms with Crippen LogP contribution in [0.2, 0.25) is 0 Å². The molecule has 0 aromatic heterocycles. The Hall–Kier alpha value is -3.16. The Morgan fingerprint density at radius 2 is 1.76 bits per heavy atom. The van der Waals surface area contributed by atoms with Crippen molar-refractivity contribution in [3.63, 3.8) is 0 Å². The second kappa shape index (κ2) is 10.8. The van der Waals surface area contributed by atoms with Gasteiger partial charge < -0.3 is 9.64 Å². The highest BCUT2D eigenvalue weighted by molar-refractivity contribution is 6.20. The molecule has 2 aromatic carbocycles. The average Bonchev–Trinajstić information content (AvgIpc) is 2.93. The van der Waals surface area contributed by atoms with E-state index in [9.17, 15) is 22.8 Å². The highest BCUT2D eigenvalue weighted by Gasteiger charge is 2.38. The number of halogens is 3. The van der Waals surface area contributed by atoms with Crippen LogP contribution < -0.4 is 4.90 Å². The molecule has 0 saturated carbocycles. The van der Waals surface area contributed by atoms with Crippen LogP contribution in [0.1, 0.15) is 56.7 Å². The average molecular weight is 475 g/mol. The predicted octanol–water partition coefficient (Wildman–Crippen LogP) is 5.65. The van der Waals surface area contributed by atoms with Crippen molar-refractivity contribution < 1.29 is 27.5 Å². The number of alkyl halides is 3. The number of carbonyl (C=O) groups is 2. The Labute approximate surface area is 197 Å². The van der Waals surface area contributed by atoms with E-state index in [1.165, 1.54) is 11.0 Å². The van der Waals surface area contributed by atoms with E-state index in [4.69, 9.17) is 9.73 Å². The molecule has 0 fully saturated rings. The van der Waals surface area contributed by atoms with Crippen molar-refractivity contribution in [1.82, 2.24) is 0 Å². The van der Waals surface area contributed by atoms with E-state index < -0.39 is 23.8 Å².